The Morgan fingerprint density at radius 3 is 1.50 bits per heavy atom. The van der Waals surface area contributed by atoms with Gasteiger partial charge >= 0.3 is 0 Å². The Bertz CT molecular complexity index is 584. The van der Waals surface area contributed by atoms with E-state index in [1.54, 1.807) is 0 Å². The third kappa shape index (κ3) is 3.02. The molecule has 0 radical (unpaired) electrons. The molecule has 102 valence electrons. The molecule has 0 aliphatic heterocycles. The summed E-state index contributed by atoms with van der Waals surface area (Å²) >= 11 is 9.38. The van der Waals surface area contributed by atoms with Gasteiger partial charge in [-0.05, 0) is 35.1 Å². The largest absolute Gasteiger partial charge is 0.142 e. The summed E-state index contributed by atoms with van der Waals surface area (Å²) in [4.78, 5) is 2.00. The lowest BCUT2D eigenvalue weighted by molar-refractivity contribution is 1.16. The molecule has 0 amide bonds. The van der Waals surface area contributed by atoms with Crippen LogP contribution in [0.4, 0.5) is 0 Å². The van der Waals surface area contributed by atoms with Gasteiger partial charge in [-0.3, -0.25) is 0 Å². The van der Waals surface area contributed by atoms with Gasteiger partial charge in [0, 0.05) is 9.79 Å². The van der Waals surface area contributed by atoms with E-state index in [2.05, 4.69) is 74.8 Å². The zero-order chi connectivity index (χ0) is 14.5. The number of allylic oxidation sites excluding steroid dienone is 2. The van der Waals surface area contributed by atoms with Crippen LogP contribution in [0.15, 0.2) is 71.5 Å². The van der Waals surface area contributed by atoms with Gasteiger partial charge in [-0.2, -0.15) is 0 Å². The van der Waals surface area contributed by atoms with Gasteiger partial charge in [0.2, 0.25) is 0 Å². The lowest BCUT2D eigenvalue weighted by Crippen LogP contribution is -1.92. The predicted molar refractivity (Wildman–Crippen MR) is 94.2 cm³/mol. The molecule has 0 N–H and O–H groups in total. The van der Waals surface area contributed by atoms with E-state index >= 15 is 0 Å². The van der Waals surface area contributed by atoms with Gasteiger partial charge in [0.05, 0.1) is 0 Å². The zero-order valence-electron chi connectivity index (χ0n) is 11.3. The summed E-state index contributed by atoms with van der Waals surface area (Å²) in [5.74, 6) is 0. The molecule has 0 saturated carbocycles. The van der Waals surface area contributed by atoms with Crippen LogP contribution in [0.3, 0.4) is 0 Å². The van der Waals surface area contributed by atoms with Crippen molar-refractivity contribution >= 4 is 25.3 Å². The summed E-state index contributed by atoms with van der Waals surface area (Å²) in [5, 5.41) is 0. The molecule has 0 spiro atoms. The molecule has 0 fully saturated rings. The number of benzene rings is 2. The molecule has 2 heteroatoms. The van der Waals surface area contributed by atoms with Crippen LogP contribution in [0.25, 0.3) is 11.1 Å². The second-order valence-electron chi connectivity index (χ2n) is 4.61. The fraction of sp³-hybridized carbons (Fsp3) is 0.111. The molecule has 20 heavy (non-hydrogen) atoms. The average Bonchev–Trinajstić information content (AvgIpc) is 2.44. The molecular weight excluding hydrogens is 280 g/mol. The molecule has 0 saturated heterocycles. The quantitative estimate of drug-likeness (QED) is 0.537. The topological polar surface area (TPSA) is 0 Å². The predicted octanol–water partition coefficient (Wildman–Crippen LogP) is 5.39. The van der Waals surface area contributed by atoms with Crippen molar-refractivity contribution in [3.8, 4) is 11.1 Å². The first-order valence-corrected chi connectivity index (χ1v) is 7.42. The molecule has 0 aliphatic carbocycles. The fourth-order valence-corrected chi connectivity index (χ4v) is 2.98. The van der Waals surface area contributed by atoms with E-state index in [1.165, 1.54) is 11.1 Å². The van der Waals surface area contributed by atoms with E-state index in [0.717, 1.165) is 33.8 Å². The van der Waals surface area contributed by atoms with E-state index in [9.17, 15) is 0 Å². The van der Waals surface area contributed by atoms with E-state index in [1.807, 2.05) is 12.2 Å². The van der Waals surface area contributed by atoms with Gasteiger partial charge in [0.25, 0.3) is 0 Å². The highest BCUT2D eigenvalue weighted by molar-refractivity contribution is 7.81. The molecule has 2 aromatic rings. The lowest BCUT2D eigenvalue weighted by atomic mass is 9.98. The monoisotopic (exact) mass is 298 g/mol. The summed E-state index contributed by atoms with van der Waals surface area (Å²) in [5.41, 5.74) is 4.59. The summed E-state index contributed by atoms with van der Waals surface area (Å²) in [6.07, 6.45) is 5.44. The first-order chi connectivity index (χ1) is 9.69. The smallest absolute Gasteiger partial charge is 0.0154 e. The van der Waals surface area contributed by atoms with Crippen LogP contribution in [0.2, 0.25) is 0 Å². The molecular formula is C18H18S2. The van der Waals surface area contributed by atoms with Crippen LogP contribution < -0.4 is 0 Å². The van der Waals surface area contributed by atoms with E-state index in [-0.39, 0.29) is 0 Å². The van der Waals surface area contributed by atoms with Crippen molar-refractivity contribution in [3.05, 3.63) is 72.8 Å². The van der Waals surface area contributed by atoms with Crippen LogP contribution in [0.1, 0.15) is 11.1 Å². The maximum Gasteiger partial charge on any atom is 0.0154 e. The van der Waals surface area contributed by atoms with Crippen molar-refractivity contribution < 1.29 is 0 Å². The Morgan fingerprint density at radius 2 is 1.15 bits per heavy atom. The fourth-order valence-electron chi connectivity index (χ4n) is 2.26. The van der Waals surface area contributed by atoms with Gasteiger partial charge in [0.1, 0.15) is 0 Å². The number of rotatable bonds is 5. The van der Waals surface area contributed by atoms with E-state index < -0.39 is 0 Å². The van der Waals surface area contributed by atoms with Crippen molar-refractivity contribution in [1.29, 1.82) is 0 Å². The lowest BCUT2D eigenvalue weighted by Gasteiger charge is -2.13. The molecule has 2 rings (SSSR count). The Hall–Kier alpha value is -1.38. The van der Waals surface area contributed by atoms with E-state index in [0.29, 0.717) is 0 Å². The first-order valence-electron chi connectivity index (χ1n) is 6.53. The molecule has 0 aromatic heterocycles. The molecule has 0 aliphatic rings. The normalized spacial score (nSPS) is 10.3. The Labute approximate surface area is 132 Å². The summed E-state index contributed by atoms with van der Waals surface area (Å²) in [6.45, 7) is 7.59. The third-order valence-electron chi connectivity index (χ3n) is 3.26. The maximum atomic E-state index is 4.69. The van der Waals surface area contributed by atoms with Gasteiger partial charge < -0.3 is 0 Å². The molecule has 0 atom stereocenters. The standard InChI is InChI=1S/C18H18S2/c1-3-7-13-9-5-11-15(17(13)19)16-12-6-10-14(8-4-2)18(16)20/h3-6,9-12,19-20H,1-2,7-8H2. The molecule has 0 bridgehead atoms. The van der Waals surface area contributed by atoms with Gasteiger partial charge in [-0.15, -0.1) is 38.4 Å². The van der Waals surface area contributed by atoms with Crippen molar-refractivity contribution in [2.75, 3.05) is 0 Å². The minimum atomic E-state index is 0.820. The van der Waals surface area contributed by atoms with Gasteiger partial charge in [-0.25, -0.2) is 0 Å². The highest BCUT2D eigenvalue weighted by Crippen LogP contribution is 2.35. The van der Waals surface area contributed by atoms with Crippen molar-refractivity contribution in [2.45, 2.75) is 22.6 Å². The van der Waals surface area contributed by atoms with Crippen LogP contribution in [0.5, 0.6) is 0 Å². The summed E-state index contributed by atoms with van der Waals surface area (Å²) in [6, 6.07) is 12.4. The number of hydrogen-bond donors (Lipinski definition) is 2. The number of thiol groups is 2. The van der Waals surface area contributed by atoms with Crippen molar-refractivity contribution in [3.63, 3.8) is 0 Å². The summed E-state index contributed by atoms with van der Waals surface area (Å²) < 4.78 is 0. The SMILES string of the molecule is C=CCc1cccc(-c2cccc(CC=C)c2S)c1S. The van der Waals surface area contributed by atoms with E-state index in [4.69, 9.17) is 0 Å². The molecule has 2 aromatic carbocycles. The van der Waals surface area contributed by atoms with Crippen molar-refractivity contribution in [1.82, 2.24) is 0 Å². The minimum Gasteiger partial charge on any atom is -0.142 e. The Kier molecular flexibility index (Phi) is 5.16. The zero-order valence-corrected chi connectivity index (χ0v) is 13.1. The second kappa shape index (κ2) is 6.87. The molecule has 0 heterocycles. The Morgan fingerprint density at radius 1 is 0.750 bits per heavy atom. The second-order valence-corrected chi connectivity index (χ2v) is 5.51. The maximum absolute atomic E-state index is 4.69. The van der Waals surface area contributed by atoms with Crippen LogP contribution in [0, 0.1) is 0 Å². The van der Waals surface area contributed by atoms with Crippen LogP contribution in [-0.2, 0) is 12.8 Å². The van der Waals surface area contributed by atoms with Crippen molar-refractivity contribution in [2.24, 2.45) is 0 Å². The Balaban J connectivity index is 2.57. The summed E-state index contributed by atoms with van der Waals surface area (Å²) in [7, 11) is 0. The first kappa shape index (κ1) is 15.0. The van der Waals surface area contributed by atoms with Gasteiger partial charge in [0.15, 0.2) is 0 Å². The van der Waals surface area contributed by atoms with Crippen LogP contribution in [-0.4, -0.2) is 0 Å². The average molecular weight is 298 g/mol. The van der Waals surface area contributed by atoms with Gasteiger partial charge in [-0.1, -0.05) is 48.6 Å². The minimum absolute atomic E-state index is 0.820. The number of hydrogen-bond acceptors (Lipinski definition) is 2. The molecule has 0 nitrogen and oxygen atoms in total. The highest BCUT2D eigenvalue weighted by Gasteiger charge is 2.10. The highest BCUT2D eigenvalue weighted by atomic mass is 32.1. The van der Waals surface area contributed by atoms with Crippen LogP contribution >= 0.6 is 25.3 Å². The molecule has 0 unspecified atom stereocenters. The third-order valence-corrected chi connectivity index (χ3v) is 4.31.